The number of aliphatic hydroxyl groups excluding tert-OH is 1. The number of aryl methyl sites for hydroxylation is 1. The summed E-state index contributed by atoms with van der Waals surface area (Å²) < 4.78 is 40.7. The molecule has 1 unspecified atom stereocenters. The minimum absolute atomic E-state index is 0.193. The molecule has 0 aliphatic carbocycles. The van der Waals surface area contributed by atoms with Gasteiger partial charge in [-0.15, -0.1) is 13.2 Å². The number of allylic oxidation sites excluding steroid dienone is 1. The molecule has 9 heteroatoms. The number of nitrogens with zero attached hydrogens (tertiary/aromatic N) is 2. The van der Waals surface area contributed by atoms with Gasteiger partial charge in [-0.2, -0.15) is 0 Å². The van der Waals surface area contributed by atoms with E-state index in [1.807, 2.05) is 31.2 Å². The first-order valence-corrected chi connectivity index (χ1v) is 10.4. The van der Waals surface area contributed by atoms with Crippen molar-refractivity contribution >= 4 is 5.69 Å². The average Bonchev–Trinajstić information content (AvgIpc) is 2.73. The van der Waals surface area contributed by atoms with Crippen LogP contribution in [-0.2, 0) is 0 Å². The van der Waals surface area contributed by atoms with E-state index in [2.05, 4.69) is 9.64 Å². The van der Waals surface area contributed by atoms with E-state index < -0.39 is 12.5 Å². The fraction of sp³-hybridized carbons (Fsp3) is 0.391. The van der Waals surface area contributed by atoms with Crippen molar-refractivity contribution in [1.82, 2.24) is 4.90 Å². The summed E-state index contributed by atoms with van der Waals surface area (Å²) in [7, 11) is 0. The summed E-state index contributed by atoms with van der Waals surface area (Å²) >= 11 is 0. The first-order chi connectivity index (χ1) is 15.1. The summed E-state index contributed by atoms with van der Waals surface area (Å²) in [6.45, 7) is 3.89. The highest BCUT2D eigenvalue weighted by Gasteiger charge is 2.31. The summed E-state index contributed by atoms with van der Waals surface area (Å²) in [5.74, 6) is 6.02. The lowest BCUT2D eigenvalue weighted by atomic mass is 9.93. The van der Waals surface area contributed by atoms with Crippen molar-refractivity contribution < 1.29 is 23.0 Å². The number of alkyl halides is 3. The van der Waals surface area contributed by atoms with Gasteiger partial charge < -0.3 is 20.5 Å². The minimum atomic E-state index is -4.73. The maximum Gasteiger partial charge on any atom is 0.573 e. The molecular weight excluding hydrogens is 421 g/mol. The second kappa shape index (κ2) is 10.2. The van der Waals surface area contributed by atoms with Crippen molar-refractivity contribution in [2.45, 2.75) is 32.2 Å². The number of aliphatic hydroxyl groups is 1. The molecule has 32 heavy (non-hydrogen) atoms. The number of β-amino-alcohol motifs (C(OH)–C–C–N with tert-alkyl or cyclic N) is 1. The van der Waals surface area contributed by atoms with E-state index in [0.29, 0.717) is 12.1 Å². The molecule has 3 rings (SSSR count). The Hall–Kier alpha value is -2.75. The molecule has 6 nitrogen and oxygen atoms in total. The highest BCUT2D eigenvalue weighted by atomic mass is 19.4. The average molecular weight is 451 g/mol. The number of nitrogens with two attached hydrogens (primary N) is 2. The van der Waals surface area contributed by atoms with Gasteiger partial charge in [-0.3, -0.25) is 5.01 Å². The molecule has 1 aliphatic rings. The van der Waals surface area contributed by atoms with Gasteiger partial charge in [0.15, 0.2) is 0 Å². The van der Waals surface area contributed by atoms with E-state index in [1.54, 1.807) is 6.20 Å². The Morgan fingerprint density at radius 3 is 2.47 bits per heavy atom. The molecule has 0 aromatic heterocycles. The van der Waals surface area contributed by atoms with Crippen LogP contribution in [0.4, 0.5) is 18.9 Å². The van der Waals surface area contributed by atoms with Crippen LogP contribution in [-0.4, -0.2) is 36.0 Å². The summed E-state index contributed by atoms with van der Waals surface area (Å²) in [6.07, 6.45) is -2.12. The van der Waals surface area contributed by atoms with Crippen molar-refractivity contribution in [2.24, 2.45) is 17.5 Å². The van der Waals surface area contributed by atoms with Gasteiger partial charge in [-0.25, -0.2) is 5.84 Å². The largest absolute Gasteiger partial charge is 0.573 e. The predicted molar refractivity (Wildman–Crippen MR) is 117 cm³/mol. The standard InChI is InChI=1S/C23H29F3N4O2/c1-16-3-2-4-19(13-16)30(28)14-21(27)17-9-11-29(12-10-17)15-22(31)18-5-7-20(8-6-18)32-23(24,25)26/h2-8,13-14,17,22,31H,9-12,15,27-28H2,1H3/b21-14-. The highest BCUT2D eigenvalue weighted by molar-refractivity contribution is 5.49. The molecule has 0 saturated carbocycles. The molecular formula is C23H29F3N4O2. The zero-order valence-electron chi connectivity index (χ0n) is 17.9. The lowest BCUT2D eigenvalue weighted by molar-refractivity contribution is -0.274. The number of piperidine rings is 1. The maximum absolute atomic E-state index is 12.3. The van der Waals surface area contributed by atoms with Crippen molar-refractivity contribution in [3.8, 4) is 5.75 Å². The third kappa shape index (κ3) is 6.88. The van der Waals surface area contributed by atoms with E-state index in [4.69, 9.17) is 11.6 Å². The van der Waals surface area contributed by atoms with E-state index in [0.717, 1.165) is 42.9 Å². The highest BCUT2D eigenvalue weighted by Crippen LogP contribution is 2.27. The Bertz CT molecular complexity index is 910. The van der Waals surface area contributed by atoms with Gasteiger partial charge in [0.2, 0.25) is 0 Å². The number of anilines is 1. The molecule has 2 aromatic carbocycles. The van der Waals surface area contributed by atoms with Crippen LogP contribution in [0.1, 0.15) is 30.1 Å². The molecule has 0 amide bonds. The molecule has 1 aliphatic heterocycles. The molecule has 174 valence electrons. The monoisotopic (exact) mass is 450 g/mol. The third-order valence-corrected chi connectivity index (χ3v) is 5.58. The Morgan fingerprint density at radius 1 is 1.22 bits per heavy atom. The van der Waals surface area contributed by atoms with Crippen LogP contribution in [0.2, 0.25) is 0 Å². The fourth-order valence-corrected chi connectivity index (χ4v) is 3.82. The van der Waals surface area contributed by atoms with Crippen molar-refractivity contribution in [2.75, 3.05) is 24.6 Å². The molecule has 1 saturated heterocycles. The van der Waals surface area contributed by atoms with Crippen molar-refractivity contribution in [3.05, 3.63) is 71.6 Å². The molecule has 5 N–H and O–H groups in total. The number of hydrogen-bond donors (Lipinski definition) is 3. The minimum Gasteiger partial charge on any atom is -0.406 e. The molecule has 0 bridgehead atoms. The number of rotatable bonds is 7. The summed E-state index contributed by atoms with van der Waals surface area (Å²) in [6, 6.07) is 13.1. The van der Waals surface area contributed by atoms with Crippen LogP contribution in [0, 0.1) is 12.8 Å². The zero-order valence-corrected chi connectivity index (χ0v) is 17.9. The summed E-state index contributed by atoms with van der Waals surface area (Å²) in [5, 5.41) is 12.0. The van der Waals surface area contributed by atoms with Crippen LogP contribution >= 0.6 is 0 Å². The van der Waals surface area contributed by atoms with E-state index in [9.17, 15) is 18.3 Å². The Labute approximate surface area is 185 Å². The van der Waals surface area contributed by atoms with Gasteiger partial charge in [-0.05, 0) is 68.2 Å². The van der Waals surface area contributed by atoms with Crippen molar-refractivity contribution in [3.63, 3.8) is 0 Å². The Kier molecular flexibility index (Phi) is 7.65. The van der Waals surface area contributed by atoms with E-state index in [1.165, 1.54) is 29.3 Å². The van der Waals surface area contributed by atoms with Gasteiger partial charge >= 0.3 is 6.36 Å². The van der Waals surface area contributed by atoms with Crippen LogP contribution < -0.4 is 21.3 Å². The molecule has 1 heterocycles. The SMILES string of the molecule is Cc1cccc(N(N)/C=C(\N)C2CCN(CC(O)c3ccc(OC(F)(F)F)cc3)CC2)c1. The second-order valence-electron chi connectivity index (χ2n) is 8.08. The fourth-order valence-electron chi connectivity index (χ4n) is 3.82. The first kappa shape index (κ1) is 23.9. The molecule has 2 aromatic rings. The quantitative estimate of drug-likeness (QED) is 0.439. The Balaban J connectivity index is 1.49. The Morgan fingerprint density at radius 2 is 1.88 bits per heavy atom. The summed E-state index contributed by atoms with van der Waals surface area (Å²) in [4.78, 5) is 2.12. The topological polar surface area (TPSA) is 88.0 Å². The first-order valence-electron chi connectivity index (χ1n) is 10.4. The van der Waals surface area contributed by atoms with Crippen LogP contribution in [0.25, 0.3) is 0 Å². The maximum atomic E-state index is 12.3. The number of hydrogen-bond acceptors (Lipinski definition) is 6. The molecule has 1 atom stereocenters. The third-order valence-electron chi connectivity index (χ3n) is 5.58. The number of halogens is 3. The predicted octanol–water partition coefficient (Wildman–Crippen LogP) is 3.82. The number of benzene rings is 2. The van der Waals surface area contributed by atoms with Crippen LogP contribution in [0.3, 0.4) is 0 Å². The van der Waals surface area contributed by atoms with E-state index in [-0.39, 0.29) is 11.7 Å². The van der Waals surface area contributed by atoms with Crippen LogP contribution in [0.15, 0.2) is 60.4 Å². The van der Waals surface area contributed by atoms with Crippen LogP contribution in [0.5, 0.6) is 5.75 Å². The lowest BCUT2D eigenvalue weighted by Gasteiger charge is -2.33. The molecule has 0 radical (unpaired) electrons. The number of ether oxygens (including phenoxy) is 1. The van der Waals surface area contributed by atoms with Gasteiger partial charge in [0.25, 0.3) is 0 Å². The smallest absolute Gasteiger partial charge is 0.406 e. The van der Waals surface area contributed by atoms with Gasteiger partial charge in [0, 0.05) is 24.4 Å². The molecule has 0 spiro atoms. The van der Waals surface area contributed by atoms with Gasteiger partial charge in [0.05, 0.1) is 11.8 Å². The molecule has 1 fully saturated rings. The van der Waals surface area contributed by atoms with Gasteiger partial charge in [0.1, 0.15) is 5.75 Å². The number of hydrazine groups is 1. The van der Waals surface area contributed by atoms with E-state index >= 15 is 0 Å². The van der Waals surface area contributed by atoms with Crippen molar-refractivity contribution in [1.29, 1.82) is 0 Å². The zero-order chi connectivity index (χ0) is 23.3. The number of likely N-dealkylation sites (tertiary alicyclic amines) is 1. The summed E-state index contributed by atoms with van der Waals surface area (Å²) in [5.41, 5.74) is 9.53. The normalized spacial score (nSPS) is 17.2. The lowest BCUT2D eigenvalue weighted by Crippen LogP contribution is -2.38. The van der Waals surface area contributed by atoms with Gasteiger partial charge in [-0.1, -0.05) is 24.3 Å². The second-order valence-corrected chi connectivity index (χ2v) is 8.08.